The number of hydrogen-bond donors (Lipinski definition) is 0. The first-order valence-electron chi connectivity index (χ1n) is 9.75. The van der Waals surface area contributed by atoms with E-state index >= 15 is 0 Å². The number of Topliss-reactive ketones (excluding diaryl/α,β-unsaturated/α-hetero) is 1. The molecule has 1 unspecified atom stereocenters. The highest BCUT2D eigenvalue weighted by atomic mass is 19.4. The molecule has 1 heterocycles. The van der Waals surface area contributed by atoms with Crippen molar-refractivity contribution in [3.05, 3.63) is 65.5 Å². The van der Waals surface area contributed by atoms with Crippen LogP contribution in [-0.2, 0) is 6.18 Å². The second-order valence-corrected chi connectivity index (χ2v) is 7.25. The van der Waals surface area contributed by atoms with E-state index in [1.54, 1.807) is 6.07 Å². The van der Waals surface area contributed by atoms with Crippen molar-refractivity contribution in [2.24, 2.45) is 0 Å². The van der Waals surface area contributed by atoms with E-state index in [1.807, 2.05) is 11.8 Å². The van der Waals surface area contributed by atoms with Crippen LogP contribution in [0.5, 0.6) is 0 Å². The van der Waals surface area contributed by atoms with Crippen LogP contribution in [0.4, 0.5) is 23.2 Å². The number of hydrogen-bond acceptors (Lipinski definition) is 3. The average molecular weight is 408 g/mol. The first-order valence-corrected chi connectivity index (χ1v) is 9.75. The fourth-order valence-electron chi connectivity index (χ4n) is 3.73. The van der Waals surface area contributed by atoms with Crippen LogP contribution >= 0.6 is 0 Å². The van der Waals surface area contributed by atoms with Crippen LogP contribution in [0.3, 0.4) is 0 Å². The van der Waals surface area contributed by atoms with E-state index in [0.29, 0.717) is 43.9 Å². The standard InChI is InChI=1S/C22H24F4N2O/c1-2-4-20(21(29)16-7-9-18(23)10-8-16)28-13-11-27(12-14-28)19-6-3-5-17(15-19)22(24,25)26/h3,5-10,15,20H,2,4,11-14H2,1H3. The lowest BCUT2D eigenvalue weighted by Gasteiger charge is -2.40. The van der Waals surface area contributed by atoms with Gasteiger partial charge in [-0.3, -0.25) is 9.69 Å². The van der Waals surface area contributed by atoms with Gasteiger partial charge < -0.3 is 4.90 Å². The summed E-state index contributed by atoms with van der Waals surface area (Å²) in [6.45, 7) is 4.24. The van der Waals surface area contributed by atoms with E-state index in [4.69, 9.17) is 0 Å². The summed E-state index contributed by atoms with van der Waals surface area (Å²) < 4.78 is 52.1. The number of benzene rings is 2. The Labute approximate surface area is 167 Å². The second kappa shape index (κ2) is 8.95. The number of nitrogens with zero attached hydrogens (tertiary/aromatic N) is 2. The minimum absolute atomic E-state index is 0.0423. The predicted molar refractivity (Wildman–Crippen MR) is 105 cm³/mol. The van der Waals surface area contributed by atoms with Crippen molar-refractivity contribution in [3.63, 3.8) is 0 Å². The van der Waals surface area contributed by atoms with Gasteiger partial charge in [0.2, 0.25) is 0 Å². The van der Waals surface area contributed by atoms with Gasteiger partial charge >= 0.3 is 6.18 Å². The third kappa shape index (κ3) is 5.15. The first kappa shape index (κ1) is 21.3. The van der Waals surface area contributed by atoms with Crippen LogP contribution in [0.15, 0.2) is 48.5 Å². The van der Waals surface area contributed by atoms with E-state index in [1.165, 1.54) is 36.4 Å². The maximum Gasteiger partial charge on any atom is 0.416 e. The van der Waals surface area contributed by atoms with Crippen LogP contribution in [0.1, 0.15) is 35.7 Å². The van der Waals surface area contributed by atoms with Crippen LogP contribution in [-0.4, -0.2) is 42.9 Å². The van der Waals surface area contributed by atoms with Crippen molar-refractivity contribution in [2.45, 2.75) is 32.0 Å². The predicted octanol–water partition coefficient (Wildman–Crippen LogP) is 5.02. The maximum absolute atomic E-state index is 13.2. The fourth-order valence-corrected chi connectivity index (χ4v) is 3.73. The molecule has 3 rings (SSSR count). The van der Waals surface area contributed by atoms with E-state index in [0.717, 1.165) is 12.5 Å². The number of piperazine rings is 1. The Bertz CT molecular complexity index is 827. The van der Waals surface area contributed by atoms with Crippen LogP contribution < -0.4 is 4.90 Å². The highest BCUT2D eigenvalue weighted by molar-refractivity contribution is 6.00. The van der Waals surface area contributed by atoms with Crippen LogP contribution in [0, 0.1) is 5.82 Å². The number of rotatable bonds is 6. The lowest BCUT2D eigenvalue weighted by atomic mass is 9.98. The van der Waals surface area contributed by atoms with Crippen molar-refractivity contribution in [1.82, 2.24) is 4.90 Å². The van der Waals surface area contributed by atoms with Crippen molar-refractivity contribution < 1.29 is 22.4 Å². The van der Waals surface area contributed by atoms with Gasteiger partial charge in [-0.25, -0.2) is 4.39 Å². The normalized spacial score (nSPS) is 16.7. The lowest BCUT2D eigenvalue weighted by Crippen LogP contribution is -2.52. The van der Waals surface area contributed by atoms with Gasteiger partial charge in [0.15, 0.2) is 5.78 Å². The molecule has 1 saturated heterocycles. The smallest absolute Gasteiger partial charge is 0.369 e. The summed E-state index contributed by atoms with van der Waals surface area (Å²) in [6, 6.07) is 10.6. The number of halogens is 4. The molecular formula is C22H24F4N2O. The van der Waals surface area contributed by atoms with Crippen molar-refractivity contribution >= 4 is 11.5 Å². The Morgan fingerprint density at radius 3 is 2.28 bits per heavy atom. The zero-order valence-corrected chi connectivity index (χ0v) is 16.3. The Morgan fingerprint density at radius 2 is 1.69 bits per heavy atom. The molecule has 2 aromatic carbocycles. The molecule has 7 heteroatoms. The number of anilines is 1. The zero-order valence-electron chi connectivity index (χ0n) is 16.3. The van der Waals surface area contributed by atoms with Crippen LogP contribution in [0.25, 0.3) is 0 Å². The van der Waals surface area contributed by atoms with E-state index in [9.17, 15) is 22.4 Å². The van der Waals surface area contributed by atoms with Gasteiger partial charge in [0.05, 0.1) is 11.6 Å². The number of carbonyl (C=O) groups is 1. The molecule has 1 aliphatic heterocycles. The van der Waals surface area contributed by atoms with Gasteiger partial charge in [-0.05, 0) is 48.9 Å². The molecule has 0 spiro atoms. The summed E-state index contributed by atoms with van der Waals surface area (Å²) in [5.74, 6) is -0.428. The average Bonchev–Trinajstić information content (AvgIpc) is 2.72. The molecular weight excluding hydrogens is 384 g/mol. The Morgan fingerprint density at radius 1 is 1.03 bits per heavy atom. The maximum atomic E-state index is 13.2. The lowest BCUT2D eigenvalue weighted by molar-refractivity contribution is -0.137. The molecule has 1 aliphatic rings. The van der Waals surface area contributed by atoms with Gasteiger partial charge in [-0.15, -0.1) is 0 Å². The highest BCUT2D eigenvalue weighted by Gasteiger charge is 2.32. The van der Waals surface area contributed by atoms with E-state index < -0.39 is 11.7 Å². The van der Waals surface area contributed by atoms with Crippen LogP contribution in [0.2, 0.25) is 0 Å². The molecule has 0 aliphatic carbocycles. The molecule has 0 radical (unpaired) electrons. The molecule has 156 valence electrons. The largest absolute Gasteiger partial charge is 0.416 e. The van der Waals surface area contributed by atoms with Gasteiger partial charge in [0, 0.05) is 37.4 Å². The van der Waals surface area contributed by atoms with Gasteiger partial charge in [0.25, 0.3) is 0 Å². The van der Waals surface area contributed by atoms with Crippen molar-refractivity contribution in [3.8, 4) is 0 Å². The third-order valence-electron chi connectivity index (χ3n) is 5.29. The Hall–Kier alpha value is -2.41. The Kier molecular flexibility index (Phi) is 6.57. The number of carbonyl (C=O) groups excluding carboxylic acids is 1. The summed E-state index contributed by atoms with van der Waals surface area (Å²) in [5, 5.41) is 0. The number of ketones is 1. The minimum Gasteiger partial charge on any atom is -0.369 e. The molecule has 29 heavy (non-hydrogen) atoms. The third-order valence-corrected chi connectivity index (χ3v) is 5.29. The fraction of sp³-hybridized carbons (Fsp3) is 0.409. The molecule has 0 bridgehead atoms. The summed E-state index contributed by atoms with van der Waals surface area (Å²) in [7, 11) is 0. The minimum atomic E-state index is -4.37. The van der Waals surface area contributed by atoms with Gasteiger partial charge in [0.1, 0.15) is 5.82 Å². The van der Waals surface area contributed by atoms with Crippen molar-refractivity contribution in [2.75, 3.05) is 31.1 Å². The molecule has 0 aromatic heterocycles. The molecule has 0 amide bonds. The highest BCUT2D eigenvalue weighted by Crippen LogP contribution is 2.32. The zero-order chi connectivity index (χ0) is 21.0. The van der Waals surface area contributed by atoms with E-state index in [2.05, 4.69) is 4.90 Å². The molecule has 2 aromatic rings. The monoisotopic (exact) mass is 408 g/mol. The molecule has 0 N–H and O–H groups in total. The number of alkyl halides is 3. The molecule has 1 atom stereocenters. The van der Waals surface area contributed by atoms with E-state index in [-0.39, 0.29) is 17.6 Å². The van der Waals surface area contributed by atoms with Crippen molar-refractivity contribution in [1.29, 1.82) is 0 Å². The Balaban J connectivity index is 1.69. The summed E-state index contributed by atoms with van der Waals surface area (Å²) >= 11 is 0. The first-order chi connectivity index (χ1) is 13.8. The molecule has 3 nitrogen and oxygen atoms in total. The summed E-state index contributed by atoms with van der Waals surface area (Å²) in [6.07, 6.45) is -2.86. The quantitative estimate of drug-likeness (QED) is 0.495. The van der Waals surface area contributed by atoms with Gasteiger partial charge in [-0.1, -0.05) is 19.4 Å². The molecule has 1 fully saturated rings. The summed E-state index contributed by atoms with van der Waals surface area (Å²) in [4.78, 5) is 16.9. The summed E-state index contributed by atoms with van der Waals surface area (Å²) in [5.41, 5.74) is 0.356. The molecule has 0 saturated carbocycles. The second-order valence-electron chi connectivity index (χ2n) is 7.25. The SMILES string of the molecule is CCCC(C(=O)c1ccc(F)cc1)N1CCN(c2cccc(C(F)(F)F)c2)CC1. The van der Waals surface area contributed by atoms with Gasteiger partial charge in [-0.2, -0.15) is 13.2 Å². The topological polar surface area (TPSA) is 23.6 Å².